The number of rotatable bonds is 6. The Labute approximate surface area is 146 Å². The molecule has 124 valence electrons. The molecule has 2 aromatic rings. The summed E-state index contributed by atoms with van der Waals surface area (Å²) >= 11 is 11.8. The number of halogens is 2. The fraction of sp³-hybridized carbons (Fsp3) is 0.250. The van der Waals surface area contributed by atoms with Crippen molar-refractivity contribution in [3.63, 3.8) is 0 Å². The molecule has 0 saturated carbocycles. The lowest BCUT2D eigenvalue weighted by Crippen LogP contribution is -2.26. The molecule has 0 bridgehead atoms. The van der Waals surface area contributed by atoms with Crippen LogP contribution in [-0.4, -0.2) is 26.4 Å². The second-order valence-corrected chi connectivity index (χ2v) is 7.86. The zero-order valence-corrected chi connectivity index (χ0v) is 15.1. The van der Waals surface area contributed by atoms with Gasteiger partial charge >= 0.3 is 0 Å². The summed E-state index contributed by atoms with van der Waals surface area (Å²) in [5.41, 5.74) is 0.854. The topological polar surface area (TPSA) is 46.6 Å². The van der Waals surface area contributed by atoms with Crippen LogP contribution in [0.3, 0.4) is 0 Å². The summed E-state index contributed by atoms with van der Waals surface area (Å²) in [7, 11) is -2.15. The highest BCUT2D eigenvalue weighted by atomic mass is 35.5. The summed E-state index contributed by atoms with van der Waals surface area (Å²) in [4.78, 5) is 0.0726. The molecular weight excluding hydrogens is 357 g/mol. The van der Waals surface area contributed by atoms with Gasteiger partial charge in [-0.05, 0) is 42.8 Å². The summed E-state index contributed by atoms with van der Waals surface area (Å²) < 4.78 is 31.8. The Morgan fingerprint density at radius 2 is 1.61 bits per heavy atom. The molecule has 0 fully saturated rings. The number of nitrogens with zero attached hydrogens (tertiary/aromatic N) is 1. The highest BCUT2D eigenvalue weighted by Gasteiger charge is 2.22. The summed E-state index contributed by atoms with van der Waals surface area (Å²) in [5.74, 6) is 0.753. The van der Waals surface area contributed by atoms with E-state index in [1.165, 1.54) is 29.6 Å². The van der Waals surface area contributed by atoms with Gasteiger partial charge in [0.2, 0.25) is 10.0 Å². The molecule has 2 rings (SSSR count). The molecule has 0 unspecified atom stereocenters. The SMILES string of the molecule is CCOc1ccc(CN(C)S(=O)(=O)c2cc(Cl)cc(Cl)c2)cc1. The molecule has 0 aliphatic rings. The monoisotopic (exact) mass is 373 g/mol. The number of sulfonamides is 1. The van der Waals surface area contributed by atoms with Gasteiger partial charge in [0.05, 0.1) is 11.5 Å². The normalized spacial score (nSPS) is 11.7. The molecule has 0 N–H and O–H groups in total. The Morgan fingerprint density at radius 3 is 2.13 bits per heavy atom. The standard InChI is InChI=1S/C16H17Cl2NO3S/c1-3-22-15-6-4-12(5-7-15)11-19(2)23(20,21)16-9-13(17)8-14(18)10-16/h4-10H,3,11H2,1-2H3. The van der Waals surface area contributed by atoms with Crippen LogP contribution in [0.2, 0.25) is 10.0 Å². The van der Waals surface area contributed by atoms with Crippen molar-refractivity contribution in [2.24, 2.45) is 0 Å². The minimum absolute atomic E-state index is 0.0726. The molecule has 23 heavy (non-hydrogen) atoms. The fourth-order valence-corrected chi connectivity index (χ4v) is 3.94. The van der Waals surface area contributed by atoms with E-state index in [0.717, 1.165) is 11.3 Å². The second kappa shape index (κ2) is 7.53. The minimum atomic E-state index is -3.67. The van der Waals surface area contributed by atoms with Crippen LogP contribution in [0.1, 0.15) is 12.5 Å². The minimum Gasteiger partial charge on any atom is -0.494 e. The van der Waals surface area contributed by atoms with Crippen LogP contribution >= 0.6 is 23.2 Å². The van der Waals surface area contributed by atoms with Crippen LogP contribution in [0, 0.1) is 0 Å². The van der Waals surface area contributed by atoms with E-state index in [2.05, 4.69) is 0 Å². The van der Waals surface area contributed by atoms with Crippen molar-refractivity contribution >= 4 is 33.2 Å². The van der Waals surface area contributed by atoms with Crippen molar-refractivity contribution in [1.82, 2.24) is 4.31 Å². The molecule has 0 amide bonds. The van der Waals surface area contributed by atoms with E-state index in [1.807, 2.05) is 31.2 Å². The molecule has 0 aromatic heterocycles. The van der Waals surface area contributed by atoms with Gasteiger partial charge < -0.3 is 4.74 Å². The van der Waals surface area contributed by atoms with E-state index in [4.69, 9.17) is 27.9 Å². The Morgan fingerprint density at radius 1 is 1.04 bits per heavy atom. The van der Waals surface area contributed by atoms with Gasteiger partial charge in [0.1, 0.15) is 5.75 Å². The number of benzene rings is 2. The van der Waals surface area contributed by atoms with E-state index < -0.39 is 10.0 Å². The molecule has 0 atom stereocenters. The summed E-state index contributed by atoms with van der Waals surface area (Å²) in [6.07, 6.45) is 0. The molecule has 0 radical (unpaired) electrons. The highest BCUT2D eigenvalue weighted by Crippen LogP contribution is 2.25. The van der Waals surface area contributed by atoms with Crippen LogP contribution < -0.4 is 4.74 Å². The molecular formula is C16H17Cl2NO3S. The zero-order valence-electron chi connectivity index (χ0n) is 12.8. The molecule has 0 aliphatic heterocycles. The first kappa shape index (κ1) is 18.1. The lowest BCUT2D eigenvalue weighted by Gasteiger charge is -2.18. The maximum atomic E-state index is 12.6. The highest BCUT2D eigenvalue weighted by molar-refractivity contribution is 7.89. The van der Waals surface area contributed by atoms with Gasteiger partial charge in [0.15, 0.2) is 0 Å². The first-order valence-corrected chi connectivity index (χ1v) is 9.16. The van der Waals surface area contributed by atoms with Crippen molar-refractivity contribution in [3.8, 4) is 5.75 Å². The molecule has 2 aromatic carbocycles. The van der Waals surface area contributed by atoms with E-state index in [0.29, 0.717) is 6.61 Å². The number of hydrogen-bond acceptors (Lipinski definition) is 3. The Bertz CT molecular complexity index is 756. The molecule has 0 saturated heterocycles. The van der Waals surface area contributed by atoms with Crippen LogP contribution in [0.4, 0.5) is 0 Å². The lowest BCUT2D eigenvalue weighted by atomic mass is 10.2. The van der Waals surface area contributed by atoms with Crippen LogP contribution in [0.15, 0.2) is 47.4 Å². The van der Waals surface area contributed by atoms with E-state index in [9.17, 15) is 8.42 Å². The number of ether oxygens (including phenoxy) is 1. The Balaban J connectivity index is 2.19. The third kappa shape index (κ3) is 4.61. The van der Waals surface area contributed by atoms with Gasteiger partial charge in [-0.15, -0.1) is 0 Å². The predicted molar refractivity (Wildman–Crippen MR) is 92.7 cm³/mol. The van der Waals surface area contributed by atoms with Crippen molar-refractivity contribution in [3.05, 3.63) is 58.1 Å². The maximum absolute atomic E-state index is 12.6. The van der Waals surface area contributed by atoms with Crippen molar-refractivity contribution < 1.29 is 13.2 Å². The molecule has 0 heterocycles. The van der Waals surface area contributed by atoms with Gasteiger partial charge in [-0.1, -0.05) is 35.3 Å². The largest absolute Gasteiger partial charge is 0.494 e. The molecule has 4 nitrogen and oxygen atoms in total. The van der Waals surface area contributed by atoms with Gasteiger partial charge in [-0.3, -0.25) is 0 Å². The Kier molecular flexibility index (Phi) is 5.92. The van der Waals surface area contributed by atoms with Gasteiger partial charge in [-0.2, -0.15) is 4.31 Å². The van der Waals surface area contributed by atoms with Gasteiger partial charge in [-0.25, -0.2) is 8.42 Å². The zero-order chi connectivity index (χ0) is 17.0. The van der Waals surface area contributed by atoms with E-state index in [1.54, 1.807) is 0 Å². The lowest BCUT2D eigenvalue weighted by molar-refractivity contribution is 0.340. The summed E-state index contributed by atoms with van der Waals surface area (Å²) in [5, 5.41) is 0.566. The molecule has 7 heteroatoms. The Hall–Kier alpha value is -1.27. The summed E-state index contributed by atoms with van der Waals surface area (Å²) in [6, 6.07) is 11.6. The van der Waals surface area contributed by atoms with E-state index >= 15 is 0 Å². The predicted octanol–water partition coefficient (Wildman–Crippen LogP) is 4.21. The average molecular weight is 374 g/mol. The molecule has 0 spiro atoms. The third-order valence-corrected chi connectivity index (χ3v) is 5.40. The quantitative estimate of drug-likeness (QED) is 0.761. The number of hydrogen-bond donors (Lipinski definition) is 0. The fourth-order valence-electron chi connectivity index (χ4n) is 2.06. The average Bonchev–Trinajstić information content (AvgIpc) is 2.48. The van der Waals surface area contributed by atoms with E-state index in [-0.39, 0.29) is 21.5 Å². The first-order valence-electron chi connectivity index (χ1n) is 6.97. The van der Waals surface area contributed by atoms with Crippen LogP contribution in [0.25, 0.3) is 0 Å². The second-order valence-electron chi connectivity index (χ2n) is 4.94. The maximum Gasteiger partial charge on any atom is 0.243 e. The van der Waals surface area contributed by atoms with Gasteiger partial charge in [0.25, 0.3) is 0 Å². The van der Waals surface area contributed by atoms with Crippen molar-refractivity contribution in [2.45, 2.75) is 18.4 Å². The first-order chi connectivity index (χ1) is 10.8. The van der Waals surface area contributed by atoms with Crippen molar-refractivity contribution in [1.29, 1.82) is 0 Å². The van der Waals surface area contributed by atoms with Crippen LogP contribution in [-0.2, 0) is 16.6 Å². The molecule has 0 aliphatic carbocycles. The van der Waals surface area contributed by atoms with Gasteiger partial charge in [0, 0.05) is 23.6 Å². The summed E-state index contributed by atoms with van der Waals surface area (Å²) in [6.45, 7) is 2.73. The third-order valence-electron chi connectivity index (χ3n) is 3.18. The van der Waals surface area contributed by atoms with Crippen LogP contribution in [0.5, 0.6) is 5.75 Å². The smallest absolute Gasteiger partial charge is 0.243 e. The van der Waals surface area contributed by atoms with Crippen molar-refractivity contribution in [2.75, 3.05) is 13.7 Å².